The Kier molecular flexibility index (Phi) is 8.71. The van der Waals surface area contributed by atoms with Crippen LogP contribution in [-0.2, 0) is 16.0 Å². The van der Waals surface area contributed by atoms with Gasteiger partial charge in [0.1, 0.15) is 5.75 Å². The molecular weight excluding hydrogens is 362 g/mol. The zero-order valence-electron chi connectivity index (χ0n) is 15.7. The summed E-state index contributed by atoms with van der Waals surface area (Å²) in [4.78, 5) is 23.3. The zero-order chi connectivity index (χ0) is 19.5. The van der Waals surface area contributed by atoms with Crippen molar-refractivity contribution in [3.63, 3.8) is 0 Å². The molecule has 0 aliphatic heterocycles. The lowest BCUT2D eigenvalue weighted by atomic mass is 10.1. The van der Waals surface area contributed by atoms with Gasteiger partial charge in [-0.25, -0.2) is 4.79 Å². The molecule has 0 heterocycles. The number of esters is 1. The fourth-order valence-electron chi connectivity index (χ4n) is 2.34. The Morgan fingerprint density at radius 1 is 1.04 bits per heavy atom. The minimum absolute atomic E-state index is 0.00330. The van der Waals surface area contributed by atoms with Crippen molar-refractivity contribution >= 4 is 29.3 Å². The van der Waals surface area contributed by atoms with Gasteiger partial charge in [0.25, 0.3) is 0 Å². The maximum atomic E-state index is 11.9. The van der Waals surface area contributed by atoms with E-state index in [9.17, 15) is 9.59 Å². The number of anilines is 1. The average molecular weight is 388 g/mol. The van der Waals surface area contributed by atoms with Gasteiger partial charge in [0.2, 0.25) is 5.91 Å². The molecular formula is C21H25NO4S. The number of nitrogens with one attached hydrogen (secondary N) is 1. The normalized spacial score (nSPS) is 10.3. The lowest BCUT2D eigenvalue weighted by Gasteiger charge is -2.08. The van der Waals surface area contributed by atoms with Crippen LogP contribution in [0, 0.1) is 0 Å². The van der Waals surface area contributed by atoms with Gasteiger partial charge in [-0.1, -0.05) is 19.1 Å². The average Bonchev–Trinajstić information content (AvgIpc) is 2.71. The van der Waals surface area contributed by atoms with Crippen LogP contribution in [0.4, 0.5) is 5.69 Å². The fourth-order valence-corrected chi connectivity index (χ4v) is 3.07. The monoisotopic (exact) mass is 387 g/mol. The summed E-state index contributed by atoms with van der Waals surface area (Å²) in [7, 11) is 1.35. The van der Waals surface area contributed by atoms with Crippen molar-refractivity contribution in [2.24, 2.45) is 0 Å². The molecule has 0 bridgehead atoms. The van der Waals surface area contributed by atoms with E-state index in [-0.39, 0.29) is 11.9 Å². The van der Waals surface area contributed by atoms with Crippen LogP contribution in [0.15, 0.2) is 48.5 Å². The van der Waals surface area contributed by atoms with Gasteiger partial charge >= 0.3 is 5.97 Å². The van der Waals surface area contributed by atoms with Gasteiger partial charge in [-0.3, -0.25) is 4.79 Å². The molecule has 0 radical (unpaired) electrons. The van der Waals surface area contributed by atoms with E-state index in [1.54, 1.807) is 36.0 Å². The first-order valence-corrected chi connectivity index (χ1v) is 10.1. The molecule has 0 fully saturated rings. The van der Waals surface area contributed by atoms with Gasteiger partial charge in [0.05, 0.1) is 25.0 Å². The van der Waals surface area contributed by atoms with Crippen molar-refractivity contribution in [2.45, 2.75) is 19.8 Å². The van der Waals surface area contributed by atoms with E-state index in [1.807, 2.05) is 24.3 Å². The minimum Gasteiger partial charge on any atom is -0.494 e. The van der Waals surface area contributed by atoms with E-state index in [1.165, 1.54) is 12.7 Å². The van der Waals surface area contributed by atoms with Crippen molar-refractivity contribution in [3.05, 3.63) is 59.7 Å². The SMILES string of the molecule is CCc1ccc(NC(=O)CSCCCOc2ccc(C(=O)OC)cc2)cc1. The number of rotatable bonds is 10. The summed E-state index contributed by atoms with van der Waals surface area (Å²) in [5, 5.41) is 2.90. The van der Waals surface area contributed by atoms with Crippen molar-refractivity contribution in [1.82, 2.24) is 0 Å². The number of amides is 1. The van der Waals surface area contributed by atoms with Crippen LogP contribution in [0.1, 0.15) is 29.3 Å². The molecule has 0 unspecified atom stereocenters. The van der Waals surface area contributed by atoms with E-state index in [0.29, 0.717) is 23.7 Å². The van der Waals surface area contributed by atoms with Crippen molar-refractivity contribution in [2.75, 3.05) is 30.5 Å². The van der Waals surface area contributed by atoms with Crippen molar-refractivity contribution in [3.8, 4) is 5.75 Å². The van der Waals surface area contributed by atoms with Gasteiger partial charge in [-0.15, -0.1) is 0 Å². The molecule has 6 heteroatoms. The third-order valence-electron chi connectivity index (χ3n) is 3.86. The van der Waals surface area contributed by atoms with Crippen LogP contribution in [-0.4, -0.2) is 37.1 Å². The number of methoxy groups -OCH3 is 1. The van der Waals surface area contributed by atoms with Crippen LogP contribution in [0.25, 0.3) is 0 Å². The molecule has 0 aromatic heterocycles. The Bertz CT molecular complexity index is 729. The Morgan fingerprint density at radius 3 is 2.37 bits per heavy atom. The molecule has 2 aromatic carbocycles. The standard InChI is InChI=1S/C21H25NO4S/c1-3-16-5-9-18(10-6-16)22-20(23)15-27-14-4-13-26-19-11-7-17(8-12-19)21(24)25-2/h5-12H,3-4,13-15H2,1-2H3,(H,22,23). The summed E-state index contributed by atoms with van der Waals surface area (Å²) in [6, 6.07) is 14.8. The molecule has 0 spiro atoms. The first-order chi connectivity index (χ1) is 13.1. The topological polar surface area (TPSA) is 64.6 Å². The molecule has 2 aromatic rings. The number of carbonyl (C=O) groups is 2. The number of benzene rings is 2. The first-order valence-electron chi connectivity index (χ1n) is 8.90. The second kappa shape index (κ2) is 11.3. The molecule has 0 saturated carbocycles. The maximum absolute atomic E-state index is 11.9. The number of carbonyl (C=O) groups excluding carboxylic acids is 2. The van der Waals surface area contributed by atoms with E-state index in [0.717, 1.165) is 24.3 Å². The third kappa shape index (κ3) is 7.35. The van der Waals surface area contributed by atoms with E-state index in [2.05, 4.69) is 17.0 Å². The van der Waals surface area contributed by atoms with E-state index < -0.39 is 0 Å². The summed E-state index contributed by atoms with van der Waals surface area (Å²) in [5.41, 5.74) is 2.58. The molecule has 5 nitrogen and oxygen atoms in total. The molecule has 0 aliphatic rings. The molecule has 0 aliphatic carbocycles. The van der Waals surface area contributed by atoms with E-state index >= 15 is 0 Å². The quantitative estimate of drug-likeness (QED) is 0.489. The summed E-state index contributed by atoms with van der Waals surface area (Å²) in [5.74, 6) is 1.60. The number of thioether (sulfide) groups is 1. The zero-order valence-corrected chi connectivity index (χ0v) is 16.5. The summed E-state index contributed by atoms with van der Waals surface area (Å²) in [6.45, 7) is 2.66. The van der Waals surface area contributed by atoms with Crippen LogP contribution >= 0.6 is 11.8 Å². The lowest BCUT2D eigenvalue weighted by molar-refractivity contribution is -0.113. The summed E-state index contributed by atoms with van der Waals surface area (Å²) >= 11 is 1.58. The highest BCUT2D eigenvalue weighted by Gasteiger charge is 2.05. The maximum Gasteiger partial charge on any atom is 0.337 e. The largest absolute Gasteiger partial charge is 0.494 e. The number of hydrogen-bond acceptors (Lipinski definition) is 5. The van der Waals surface area contributed by atoms with Gasteiger partial charge < -0.3 is 14.8 Å². The summed E-state index contributed by atoms with van der Waals surface area (Å²) < 4.78 is 10.3. The third-order valence-corrected chi connectivity index (χ3v) is 4.90. The van der Waals surface area contributed by atoms with Crippen LogP contribution in [0.5, 0.6) is 5.75 Å². The molecule has 1 N–H and O–H groups in total. The lowest BCUT2D eigenvalue weighted by Crippen LogP contribution is -2.14. The highest BCUT2D eigenvalue weighted by Crippen LogP contribution is 2.14. The molecule has 0 saturated heterocycles. The molecule has 2 rings (SSSR count). The van der Waals surface area contributed by atoms with Crippen LogP contribution in [0.2, 0.25) is 0 Å². The predicted molar refractivity (Wildman–Crippen MR) is 110 cm³/mol. The Hall–Kier alpha value is -2.47. The van der Waals surface area contributed by atoms with Gasteiger partial charge in [-0.2, -0.15) is 11.8 Å². The summed E-state index contributed by atoms with van der Waals surface area (Å²) in [6.07, 6.45) is 1.82. The van der Waals surface area contributed by atoms with Gasteiger partial charge in [0.15, 0.2) is 0 Å². The van der Waals surface area contributed by atoms with Crippen LogP contribution < -0.4 is 10.1 Å². The van der Waals surface area contributed by atoms with Crippen molar-refractivity contribution in [1.29, 1.82) is 0 Å². The van der Waals surface area contributed by atoms with Gasteiger partial charge in [-0.05, 0) is 60.6 Å². The molecule has 0 atom stereocenters. The Balaban J connectivity index is 1.58. The van der Waals surface area contributed by atoms with Crippen molar-refractivity contribution < 1.29 is 19.1 Å². The first kappa shape index (κ1) is 20.8. The minimum atomic E-state index is -0.363. The van der Waals surface area contributed by atoms with E-state index in [4.69, 9.17) is 4.74 Å². The fraction of sp³-hybridized carbons (Fsp3) is 0.333. The number of ether oxygens (including phenoxy) is 2. The highest BCUT2D eigenvalue weighted by atomic mass is 32.2. The predicted octanol–water partition coefficient (Wildman–Crippen LogP) is 4.18. The molecule has 144 valence electrons. The van der Waals surface area contributed by atoms with Crippen LogP contribution in [0.3, 0.4) is 0 Å². The Morgan fingerprint density at radius 2 is 1.74 bits per heavy atom. The smallest absolute Gasteiger partial charge is 0.337 e. The highest BCUT2D eigenvalue weighted by molar-refractivity contribution is 7.99. The number of hydrogen-bond donors (Lipinski definition) is 1. The number of aryl methyl sites for hydroxylation is 1. The second-order valence-electron chi connectivity index (χ2n) is 5.87. The Labute approximate surface area is 164 Å². The molecule has 1 amide bonds. The molecule has 27 heavy (non-hydrogen) atoms. The van der Waals surface area contributed by atoms with Gasteiger partial charge in [0, 0.05) is 5.69 Å². The second-order valence-corrected chi connectivity index (χ2v) is 6.97.